The Balaban J connectivity index is 1.75. The largest absolute Gasteiger partial charge is 0.384 e. The molecule has 2 fully saturated rings. The third-order valence-corrected chi connectivity index (χ3v) is 5.33. The van der Waals surface area contributed by atoms with Gasteiger partial charge in [0.2, 0.25) is 0 Å². The van der Waals surface area contributed by atoms with Crippen molar-refractivity contribution in [1.82, 2.24) is 9.80 Å². The van der Waals surface area contributed by atoms with Crippen LogP contribution in [0.1, 0.15) is 16.8 Å². The van der Waals surface area contributed by atoms with Gasteiger partial charge in [-0.2, -0.15) is 0 Å². The minimum absolute atomic E-state index is 0.0881. The first-order valence-electron chi connectivity index (χ1n) is 7.76. The van der Waals surface area contributed by atoms with Crippen LogP contribution >= 0.6 is 11.6 Å². The smallest absolute Gasteiger partial charge is 0.253 e. The van der Waals surface area contributed by atoms with Crippen molar-refractivity contribution in [3.63, 3.8) is 0 Å². The van der Waals surface area contributed by atoms with Gasteiger partial charge in [-0.05, 0) is 31.7 Å². The van der Waals surface area contributed by atoms with Crippen LogP contribution in [-0.2, 0) is 4.74 Å². The minimum Gasteiger partial charge on any atom is -0.384 e. The zero-order valence-electron chi connectivity index (χ0n) is 13.2. The molecule has 3 rings (SSSR count). The van der Waals surface area contributed by atoms with Gasteiger partial charge < -0.3 is 14.5 Å². The summed E-state index contributed by atoms with van der Waals surface area (Å²) in [6, 6.07) is 7.22. The molecule has 2 aliphatic rings. The molecule has 0 aliphatic carbocycles. The maximum Gasteiger partial charge on any atom is 0.253 e. The van der Waals surface area contributed by atoms with Crippen molar-refractivity contribution in [2.24, 2.45) is 11.3 Å². The first kappa shape index (κ1) is 15.8. The van der Waals surface area contributed by atoms with Crippen LogP contribution in [0.15, 0.2) is 24.3 Å². The highest BCUT2D eigenvalue weighted by Crippen LogP contribution is 2.43. The number of methoxy groups -OCH3 is 1. The van der Waals surface area contributed by atoms with E-state index in [0.29, 0.717) is 16.5 Å². The Labute approximate surface area is 137 Å². The zero-order valence-corrected chi connectivity index (χ0v) is 14.0. The Morgan fingerprint density at radius 3 is 3.00 bits per heavy atom. The summed E-state index contributed by atoms with van der Waals surface area (Å²) in [6.45, 7) is 4.49. The Morgan fingerprint density at radius 1 is 1.45 bits per heavy atom. The Kier molecular flexibility index (Phi) is 4.44. The summed E-state index contributed by atoms with van der Waals surface area (Å²) in [5.41, 5.74) is 0.859. The zero-order chi connectivity index (χ0) is 15.7. The summed E-state index contributed by atoms with van der Waals surface area (Å²) in [6.07, 6.45) is 1.05. The van der Waals surface area contributed by atoms with E-state index in [0.717, 1.165) is 39.2 Å². The molecule has 0 bridgehead atoms. The molecular weight excluding hydrogens is 300 g/mol. The second-order valence-corrected chi connectivity index (χ2v) is 7.13. The first-order valence-corrected chi connectivity index (χ1v) is 8.14. The van der Waals surface area contributed by atoms with E-state index >= 15 is 0 Å². The van der Waals surface area contributed by atoms with Gasteiger partial charge in [-0.1, -0.05) is 17.7 Å². The van der Waals surface area contributed by atoms with E-state index in [4.69, 9.17) is 16.3 Å². The second kappa shape index (κ2) is 6.19. The molecule has 5 heteroatoms. The molecule has 0 unspecified atom stereocenters. The van der Waals surface area contributed by atoms with Gasteiger partial charge in [0.05, 0.1) is 6.61 Å². The maximum atomic E-state index is 12.7. The number of benzene rings is 1. The third-order valence-electron chi connectivity index (χ3n) is 5.09. The number of nitrogens with zero attached hydrogens (tertiary/aromatic N) is 2. The fraction of sp³-hybridized carbons (Fsp3) is 0.588. The third kappa shape index (κ3) is 2.87. The first-order chi connectivity index (χ1) is 10.5. The lowest BCUT2D eigenvalue weighted by molar-refractivity contribution is 0.0716. The molecule has 2 saturated heterocycles. The van der Waals surface area contributed by atoms with Gasteiger partial charge in [0.25, 0.3) is 5.91 Å². The molecule has 1 aromatic carbocycles. The number of carbonyl (C=O) groups is 1. The van der Waals surface area contributed by atoms with Crippen molar-refractivity contribution in [2.75, 3.05) is 46.9 Å². The number of hydrogen-bond acceptors (Lipinski definition) is 3. The highest BCUT2D eigenvalue weighted by atomic mass is 35.5. The monoisotopic (exact) mass is 322 g/mol. The molecule has 1 amide bonds. The Hall–Kier alpha value is -1.10. The van der Waals surface area contributed by atoms with E-state index in [1.807, 2.05) is 17.0 Å². The van der Waals surface area contributed by atoms with Crippen molar-refractivity contribution in [3.05, 3.63) is 34.9 Å². The van der Waals surface area contributed by atoms with Gasteiger partial charge in [0.1, 0.15) is 0 Å². The molecule has 1 spiro atoms. The van der Waals surface area contributed by atoms with E-state index in [1.165, 1.54) is 0 Å². The SMILES string of the molecule is COC[C@H]1CN(C)C[C@]12CCN(C(=O)c1cccc(Cl)c1)C2. The summed E-state index contributed by atoms with van der Waals surface area (Å²) < 4.78 is 5.41. The Bertz CT molecular complexity index is 565. The van der Waals surface area contributed by atoms with Gasteiger partial charge >= 0.3 is 0 Å². The maximum absolute atomic E-state index is 12.7. The van der Waals surface area contributed by atoms with E-state index in [-0.39, 0.29) is 11.3 Å². The number of amides is 1. The van der Waals surface area contributed by atoms with Crippen LogP contribution in [-0.4, -0.2) is 62.7 Å². The molecule has 22 heavy (non-hydrogen) atoms. The number of ether oxygens (including phenoxy) is 1. The van der Waals surface area contributed by atoms with Gasteiger partial charge in [0, 0.05) is 55.2 Å². The van der Waals surface area contributed by atoms with Crippen molar-refractivity contribution >= 4 is 17.5 Å². The van der Waals surface area contributed by atoms with E-state index < -0.39 is 0 Å². The predicted octanol–water partition coefficient (Wildman–Crippen LogP) is 2.38. The molecule has 4 nitrogen and oxygen atoms in total. The van der Waals surface area contributed by atoms with Crippen LogP contribution < -0.4 is 0 Å². The average molecular weight is 323 g/mol. The fourth-order valence-electron chi connectivity index (χ4n) is 4.07. The van der Waals surface area contributed by atoms with Crippen molar-refractivity contribution in [2.45, 2.75) is 6.42 Å². The fourth-order valence-corrected chi connectivity index (χ4v) is 4.26. The van der Waals surface area contributed by atoms with E-state index in [1.54, 1.807) is 19.2 Å². The summed E-state index contributed by atoms with van der Waals surface area (Å²) >= 11 is 6.01. The van der Waals surface area contributed by atoms with Gasteiger partial charge in [-0.15, -0.1) is 0 Å². The average Bonchev–Trinajstić information content (AvgIpc) is 3.03. The summed E-state index contributed by atoms with van der Waals surface area (Å²) in [5.74, 6) is 0.588. The molecule has 2 atom stereocenters. The standard InChI is InChI=1S/C17H23ClN2O2/c1-19-9-14(10-22-2)17(11-19)6-7-20(12-17)16(21)13-4-3-5-15(18)8-13/h3-5,8,14H,6-7,9-12H2,1-2H3/t14-,17+/m1/s1. The highest BCUT2D eigenvalue weighted by Gasteiger charge is 2.50. The molecule has 0 saturated carbocycles. The molecular formula is C17H23ClN2O2. The van der Waals surface area contributed by atoms with Crippen molar-refractivity contribution < 1.29 is 9.53 Å². The minimum atomic E-state index is 0.0881. The predicted molar refractivity (Wildman–Crippen MR) is 87.3 cm³/mol. The molecule has 120 valence electrons. The summed E-state index contributed by atoms with van der Waals surface area (Å²) in [7, 11) is 3.91. The van der Waals surface area contributed by atoms with Crippen molar-refractivity contribution in [1.29, 1.82) is 0 Å². The topological polar surface area (TPSA) is 32.8 Å². The molecule has 0 N–H and O–H groups in total. The normalized spacial score (nSPS) is 28.7. The molecule has 2 aliphatic heterocycles. The summed E-state index contributed by atoms with van der Waals surface area (Å²) in [5, 5.41) is 0.609. The van der Waals surface area contributed by atoms with Gasteiger partial charge in [-0.25, -0.2) is 0 Å². The lowest BCUT2D eigenvalue weighted by Gasteiger charge is -2.30. The van der Waals surface area contributed by atoms with Crippen LogP contribution in [0, 0.1) is 11.3 Å². The number of rotatable bonds is 3. The van der Waals surface area contributed by atoms with Crippen LogP contribution in [0.5, 0.6) is 0 Å². The number of halogens is 1. The molecule has 0 radical (unpaired) electrons. The van der Waals surface area contributed by atoms with Crippen molar-refractivity contribution in [3.8, 4) is 0 Å². The number of likely N-dealkylation sites (tertiary alicyclic amines) is 2. The lowest BCUT2D eigenvalue weighted by Crippen LogP contribution is -2.38. The van der Waals surface area contributed by atoms with Crippen LogP contribution in [0.3, 0.4) is 0 Å². The second-order valence-electron chi connectivity index (χ2n) is 6.70. The Morgan fingerprint density at radius 2 is 2.27 bits per heavy atom. The molecule has 0 aromatic heterocycles. The summed E-state index contributed by atoms with van der Waals surface area (Å²) in [4.78, 5) is 17.0. The van der Waals surface area contributed by atoms with E-state index in [2.05, 4.69) is 11.9 Å². The molecule has 1 aromatic rings. The van der Waals surface area contributed by atoms with Gasteiger partial charge in [0.15, 0.2) is 0 Å². The molecule has 2 heterocycles. The van der Waals surface area contributed by atoms with Crippen LogP contribution in [0.4, 0.5) is 0 Å². The van der Waals surface area contributed by atoms with Gasteiger partial charge in [-0.3, -0.25) is 4.79 Å². The number of hydrogen-bond donors (Lipinski definition) is 0. The lowest BCUT2D eigenvalue weighted by atomic mass is 9.77. The van der Waals surface area contributed by atoms with E-state index in [9.17, 15) is 4.79 Å². The highest BCUT2D eigenvalue weighted by molar-refractivity contribution is 6.30. The quantitative estimate of drug-likeness (QED) is 0.856. The van der Waals surface area contributed by atoms with Crippen LogP contribution in [0.2, 0.25) is 5.02 Å². The van der Waals surface area contributed by atoms with Crippen LogP contribution in [0.25, 0.3) is 0 Å². The number of carbonyl (C=O) groups excluding carboxylic acids is 1.